The molecule has 2 heterocycles. The van der Waals surface area contributed by atoms with Crippen molar-refractivity contribution in [1.82, 2.24) is 10.3 Å². The molecule has 3 aromatic rings. The second kappa shape index (κ2) is 7.50. The van der Waals surface area contributed by atoms with Gasteiger partial charge >= 0.3 is 0 Å². The smallest absolute Gasteiger partial charge is 0.202 e. The number of nitrogens with one attached hydrogen (secondary N) is 2. The summed E-state index contributed by atoms with van der Waals surface area (Å²) in [6.45, 7) is 4.26. The molecule has 31 heavy (non-hydrogen) atoms. The van der Waals surface area contributed by atoms with Gasteiger partial charge in [-0.2, -0.15) is 0 Å². The second-order valence-corrected chi connectivity index (χ2v) is 9.75. The van der Waals surface area contributed by atoms with E-state index in [1.165, 1.54) is 0 Å². The molecule has 1 aliphatic heterocycles. The second-order valence-electron chi connectivity index (χ2n) is 8.72. The lowest BCUT2D eigenvalue weighted by atomic mass is 9.73. The largest absolute Gasteiger partial charge is 0.497 e. The molecule has 2 aliphatic rings. The molecule has 1 unspecified atom stereocenters. The summed E-state index contributed by atoms with van der Waals surface area (Å²) in [5, 5.41) is 7.51. The van der Waals surface area contributed by atoms with Crippen LogP contribution in [0.25, 0.3) is 10.2 Å². The zero-order chi connectivity index (χ0) is 21.6. The minimum atomic E-state index is -0.359. The number of rotatable bonds is 3. The van der Waals surface area contributed by atoms with Crippen LogP contribution in [0.5, 0.6) is 5.75 Å². The number of aliphatic imine (C=N–C) groups is 1. The van der Waals surface area contributed by atoms with E-state index in [-0.39, 0.29) is 17.2 Å². The zero-order valence-electron chi connectivity index (χ0n) is 17.7. The molecule has 7 heteroatoms. The van der Waals surface area contributed by atoms with Crippen LogP contribution in [-0.2, 0) is 4.79 Å². The molecule has 2 N–H and O–H groups in total. The molecule has 1 atom stereocenters. The summed E-state index contributed by atoms with van der Waals surface area (Å²) in [5.41, 5.74) is 3.53. The maximum absolute atomic E-state index is 13.1. The Balaban J connectivity index is 1.53. The fourth-order valence-corrected chi connectivity index (χ4v) is 5.12. The minimum Gasteiger partial charge on any atom is -0.497 e. The number of benzene rings is 2. The predicted molar refractivity (Wildman–Crippen MR) is 125 cm³/mol. The summed E-state index contributed by atoms with van der Waals surface area (Å²) in [7, 11) is 1.64. The molecule has 158 valence electrons. The molecule has 0 saturated heterocycles. The first-order valence-electron chi connectivity index (χ1n) is 10.3. The maximum Gasteiger partial charge on any atom is 0.202 e. The van der Waals surface area contributed by atoms with Crippen LogP contribution in [0.3, 0.4) is 0 Å². The number of carbonyl (C=O) groups is 1. The number of Topliss-reactive ketones (excluding diaryl/α,β-unsaturated/α-hetero) is 1. The number of guanidine groups is 1. The van der Waals surface area contributed by atoms with Gasteiger partial charge in [-0.3, -0.25) is 4.79 Å². The van der Waals surface area contributed by atoms with Gasteiger partial charge in [0.05, 0.1) is 17.3 Å². The average molecular weight is 433 g/mol. The number of hydrogen-bond acceptors (Lipinski definition) is 7. The normalized spacial score (nSPS) is 20.2. The van der Waals surface area contributed by atoms with Crippen LogP contribution in [0.4, 0.5) is 5.13 Å². The van der Waals surface area contributed by atoms with Gasteiger partial charge in [-0.15, -0.1) is 0 Å². The molecular weight excluding hydrogens is 408 g/mol. The number of ketones is 1. The molecule has 0 amide bonds. The van der Waals surface area contributed by atoms with Crippen molar-refractivity contribution < 1.29 is 9.53 Å². The molecular formula is C24H24N4O2S. The molecule has 0 bridgehead atoms. The van der Waals surface area contributed by atoms with Crippen LogP contribution in [-0.4, -0.2) is 23.8 Å². The van der Waals surface area contributed by atoms with E-state index in [1.807, 2.05) is 42.5 Å². The summed E-state index contributed by atoms with van der Waals surface area (Å²) in [4.78, 5) is 22.7. The van der Waals surface area contributed by atoms with Crippen molar-refractivity contribution in [3.8, 4) is 5.75 Å². The topological polar surface area (TPSA) is 75.6 Å². The molecule has 1 aromatic heterocycles. The number of anilines is 1. The van der Waals surface area contributed by atoms with Crippen LogP contribution in [0.1, 0.15) is 38.3 Å². The van der Waals surface area contributed by atoms with Gasteiger partial charge in [0.25, 0.3) is 0 Å². The maximum atomic E-state index is 13.1. The third kappa shape index (κ3) is 3.81. The number of hydrogen-bond donors (Lipinski definition) is 2. The van der Waals surface area contributed by atoms with E-state index < -0.39 is 0 Å². The van der Waals surface area contributed by atoms with Crippen molar-refractivity contribution in [3.63, 3.8) is 0 Å². The van der Waals surface area contributed by atoms with Crippen LogP contribution >= 0.6 is 11.3 Å². The molecule has 5 rings (SSSR count). The van der Waals surface area contributed by atoms with Crippen molar-refractivity contribution in [3.05, 3.63) is 65.4 Å². The summed E-state index contributed by atoms with van der Waals surface area (Å²) in [5.74, 6) is 1.55. The first-order chi connectivity index (χ1) is 14.9. The van der Waals surface area contributed by atoms with E-state index in [9.17, 15) is 4.79 Å². The number of fused-ring (bicyclic) bond motifs is 1. The fraction of sp³-hybridized carbons (Fsp3) is 0.292. The van der Waals surface area contributed by atoms with Crippen molar-refractivity contribution in [1.29, 1.82) is 0 Å². The average Bonchev–Trinajstić information content (AvgIpc) is 3.14. The van der Waals surface area contributed by atoms with E-state index in [0.29, 0.717) is 12.4 Å². The van der Waals surface area contributed by atoms with Gasteiger partial charge in [-0.05, 0) is 41.7 Å². The van der Waals surface area contributed by atoms with Crippen molar-refractivity contribution in [2.24, 2.45) is 10.4 Å². The van der Waals surface area contributed by atoms with Crippen molar-refractivity contribution >= 4 is 38.4 Å². The first kappa shape index (κ1) is 19.8. The van der Waals surface area contributed by atoms with Gasteiger partial charge in [0.2, 0.25) is 5.96 Å². The Labute approximate surface area is 185 Å². The lowest BCUT2D eigenvalue weighted by molar-refractivity contribution is -0.118. The standard InChI is InChI=1S/C24H24N4O2S/c1-24(2)12-17-20(18(29)13-24)21(14-8-10-15(30-3)11-9-14)27-22(25-17)28-23-26-16-6-4-5-7-19(16)31-23/h4-11,21H,12-13H2,1-3H3,(H2,25,26,27,28). The van der Waals surface area contributed by atoms with Gasteiger partial charge in [0.1, 0.15) is 11.8 Å². The van der Waals surface area contributed by atoms with Gasteiger partial charge in [-0.1, -0.05) is 49.4 Å². The summed E-state index contributed by atoms with van der Waals surface area (Å²) in [6.07, 6.45) is 1.32. The molecule has 0 spiro atoms. The van der Waals surface area contributed by atoms with E-state index in [2.05, 4.69) is 35.5 Å². The number of carbonyl (C=O) groups excluding carboxylic acids is 1. The Morgan fingerprint density at radius 2 is 1.90 bits per heavy atom. The quantitative estimate of drug-likeness (QED) is 0.605. The van der Waals surface area contributed by atoms with Crippen LogP contribution in [0, 0.1) is 5.41 Å². The number of thiazole rings is 1. The highest BCUT2D eigenvalue weighted by Crippen LogP contribution is 2.43. The lowest BCUT2D eigenvalue weighted by Crippen LogP contribution is -2.41. The molecule has 2 aromatic carbocycles. The number of nitrogens with zero attached hydrogens (tertiary/aromatic N) is 2. The highest BCUT2D eigenvalue weighted by Gasteiger charge is 2.39. The van der Waals surface area contributed by atoms with E-state index >= 15 is 0 Å². The fourth-order valence-electron chi connectivity index (χ4n) is 4.25. The van der Waals surface area contributed by atoms with E-state index in [4.69, 9.17) is 9.73 Å². The number of para-hydroxylation sites is 1. The highest BCUT2D eigenvalue weighted by atomic mass is 32.1. The number of methoxy groups -OCH3 is 1. The zero-order valence-corrected chi connectivity index (χ0v) is 18.5. The predicted octanol–water partition coefficient (Wildman–Crippen LogP) is 5.06. The van der Waals surface area contributed by atoms with Gasteiger partial charge in [0.15, 0.2) is 10.9 Å². The van der Waals surface area contributed by atoms with Crippen molar-refractivity contribution in [2.45, 2.75) is 32.7 Å². The Bertz CT molecular complexity index is 1190. The van der Waals surface area contributed by atoms with Crippen LogP contribution < -0.4 is 15.4 Å². The summed E-state index contributed by atoms with van der Waals surface area (Å²) >= 11 is 1.58. The van der Waals surface area contributed by atoms with E-state index in [0.717, 1.165) is 44.4 Å². The van der Waals surface area contributed by atoms with Gasteiger partial charge in [0, 0.05) is 17.7 Å². The lowest BCUT2D eigenvalue weighted by Gasteiger charge is -2.37. The monoisotopic (exact) mass is 432 g/mol. The van der Waals surface area contributed by atoms with Gasteiger partial charge < -0.3 is 15.4 Å². The Morgan fingerprint density at radius 1 is 1.13 bits per heavy atom. The summed E-state index contributed by atoms with van der Waals surface area (Å²) < 4.78 is 6.41. The molecule has 0 radical (unpaired) electrons. The molecule has 0 fully saturated rings. The Hall–Kier alpha value is -3.19. The SMILES string of the molecule is COc1ccc(C2N=C(Nc3nc4ccccc4s3)NC3=C2C(=O)CC(C)(C)C3)cc1. The number of aromatic nitrogens is 1. The third-order valence-corrected chi connectivity index (χ3v) is 6.62. The first-order valence-corrected chi connectivity index (χ1v) is 11.1. The number of allylic oxidation sites excluding steroid dienone is 1. The molecule has 0 saturated carbocycles. The third-order valence-electron chi connectivity index (χ3n) is 5.67. The van der Waals surface area contributed by atoms with E-state index in [1.54, 1.807) is 18.4 Å². The molecule has 1 aliphatic carbocycles. The summed E-state index contributed by atoms with van der Waals surface area (Å²) in [6, 6.07) is 15.4. The molecule has 6 nitrogen and oxygen atoms in total. The van der Waals surface area contributed by atoms with Crippen LogP contribution in [0.15, 0.2) is 64.8 Å². The minimum absolute atomic E-state index is 0.0916. The van der Waals surface area contributed by atoms with Crippen LogP contribution in [0.2, 0.25) is 0 Å². The Kier molecular flexibility index (Phi) is 4.78. The highest BCUT2D eigenvalue weighted by molar-refractivity contribution is 7.22. The van der Waals surface area contributed by atoms with Gasteiger partial charge in [-0.25, -0.2) is 9.98 Å². The van der Waals surface area contributed by atoms with Crippen molar-refractivity contribution in [2.75, 3.05) is 12.4 Å². The number of ether oxygens (including phenoxy) is 1. The Morgan fingerprint density at radius 3 is 2.65 bits per heavy atom.